The van der Waals surface area contributed by atoms with Crippen LogP contribution in [0.25, 0.3) is 0 Å². The van der Waals surface area contributed by atoms with Crippen LogP contribution in [-0.4, -0.2) is 22.2 Å². The minimum atomic E-state index is 0.107. The molecule has 90 valence electrons. The van der Waals surface area contributed by atoms with Gasteiger partial charge in [0.1, 0.15) is 0 Å². The first-order valence-corrected chi connectivity index (χ1v) is 6.08. The van der Waals surface area contributed by atoms with E-state index in [1.807, 2.05) is 37.9 Å². The molecule has 2 rings (SSSR count). The van der Waals surface area contributed by atoms with Crippen molar-refractivity contribution in [2.24, 2.45) is 5.92 Å². The van der Waals surface area contributed by atoms with E-state index in [1.165, 1.54) is 12.8 Å². The third-order valence-electron chi connectivity index (χ3n) is 3.39. The average Bonchev–Trinajstić information content (AvgIpc) is 3.01. The van der Waals surface area contributed by atoms with E-state index in [-0.39, 0.29) is 11.7 Å². The predicted octanol–water partition coefficient (Wildman–Crippen LogP) is 1.23. The van der Waals surface area contributed by atoms with Gasteiger partial charge in [-0.2, -0.15) is 0 Å². The molecule has 4 heteroatoms. The van der Waals surface area contributed by atoms with Crippen LogP contribution >= 0.6 is 0 Å². The van der Waals surface area contributed by atoms with E-state index < -0.39 is 0 Å². The Kier molecular flexibility index (Phi) is 3.19. The van der Waals surface area contributed by atoms with Crippen molar-refractivity contribution < 1.29 is 0 Å². The summed E-state index contributed by atoms with van der Waals surface area (Å²) in [5.41, 5.74) is 0.107. The summed E-state index contributed by atoms with van der Waals surface area (Å²) in [7, 11) is 1.98. The van der Waals surface area contributed by atoms with Crippen LogP contribution in [0.2, 0.25) is 0 Å². The van der Waals surface area contributed by atoms with E-state index in [9.17, 15) is 4.79 Å². The minimum absolute atomic E-state index is 0.107. The van der Waals surface area contributed by atoms with Crippen molar-refractivity contribution in [2.75, 3.05) is 7.05 Å². The number of likely N-dealkylation sites (N-methyl/N-ethyl adjacent to an activating group) is 1. The Hall–Kier alpha value is -1.03. The summed E-state index contributed by atoms with van der Waals surface area (Å²) in [6.45, 7) is 4.85. The molecule has 0 bridgehead atoms. The van der Waals surface area contributed by atoms with Crippen LogP contribution < -0.4 is 11.0 Å². The summed E-state index contributed by atoms with van der Waals surface area (Å²) >= 11 is 0. The van der Waals surface area contributed by atoms with Crippen LogP contribution in [0.4, 0.5) is 0 Å². The second-order valence-corrected chi connectivity index (χ2v) is 4.97. The van der Waals surface area contributed by atoms with Gasteiger partial charge in [-0.25, -0.2) is 4.79 Å². The number of nitrogens with zero attached hydrogens (tertiary/aromatic N) is 2. The van der Waals surface area contributed by atoms with Crippen molar-refractivity contribution >= 4 is 0 Å². The first-order chi connectivity index (χ1) is 7.63. The lowest BCUT2D eigenvalue weighted by Gasteiger charge is -2.15. The van der Waals surface area contributed by atoms with E-state index in [1.54, 1.807) is 4.57 Å². The van der Waals surface area contributed by atoms with Crippen LogP contribution in [0, 0.1) is 5.92 Å². The Labute approximate surface area is 96.3 Å². The van der Waals surface area contributed by atoms with Crippen molar-refractivity contribution in [1.82, 2.24) is 14.5 Å². The molecule has 16 heavy (non-hydrogen) atoms. The standard InChI is InChI=1S/C12H21N3O/c1-9(2)15-7-6-14(12(15)16)8-11(13-3)10-4-5-10/h6-7,9-11,13H,4-5,8H2,1-3H3. The summed E-state index contributed by atoms with van der Waals surface area (Å²) in [5, 5.41) is 3.31. The van der Waals surface area contributed by atoms with Gasteiger partial charge in [0.25, 0.3) is 0 Å². The zero-order valence-corrected chi connectivity index (χ0v) is 10.3. The highest BCUT2D eigenvalue weighted by Crippen LogP contribution is 2.32. The molecule has 1 aromatic rings. The Morgan fingerprint density at radius 3 is 2.56 bits per heavy atom. The van der Waals surface area contributed by atoms with Gasteiger partial charge in [-0.1, -0.05) is 0 Å². The molecule has 4 nitrogen and oxygen atoms in total. The highest BCUT2D eigenvalue weighted by molar-refractivity contribution is 4.90. The summed E-state index contributed by atoms with van der Waals surface area (Å²) in [6, 6.07) is 0.684. The minimum Gasteiger partial charge on any atom is -0.315 e. The Morgan fingerprint density at radius 1 is 1.44 bits per heavy atom. The number of imidazole rings is 1. The lowest BCUT2D eigenvalue weighted by atomic mass is 10.2. The first-order valence-electron chi connectivity index (χ1n) is 6.08. The van der Waals surface area contributed by atoms with Gasteiger partial charge < -0.3 is 5.32 Å². The molecule has 0 radical (unpaired) electrons. The first kappa shape index (κ1) is 11.5. The van der Waals surface area contributed by atoms with Gasteiger partial charge in [0.2, 0.25) is 0 Å². The number of rotatable bonds is 5. The maximum absolute atomic E-state index is 12.0. The number of nitrogens with one attached hydrogen (secondary N) is 1. The van der Waals surface area contributed by atoms with Gasteiger partial charge in [-0.3, -0.25) is 9.13 Å². The SMILES string of the molecule is CNC(Cn1ccn(C(C)C)c1=O)C1CC1. The van der Waals surface area contributed by atoms with E-state index in [0.29, 0.717) is 6.04 Å². The Balaban J connectivity index is 2.11. The predicted molar refractivity (Wildman–Crippen MR) is 64.6 cm³/mol. The van der Waals surface area contributed by atoms with Crippen molar-refractivity contribution in [3.8, 4) is 0 Å². The fourth-order valence-corrected chi connectivity index (χ4v) is 2.15. The zero-order valence-electron chi connectivity index (χ0n) is 10.3. The molecule has 0 amide bonds. The normalized spacial score (nSPS) is 18.0. The fourth-order valence-electron chi connectivity index (χ4n) is 2.15. The second kappa shape index (κ2) is 4.45. The van der Waals surface area contributed by atoms with Crippen LogP contribution in [0.5, 0.6) is 0 Å². The molecular weight excluding hydrogens is 202 g/mol. The van der Waals surface area contributed by atoms with Crippen molar-refractivity contribution in [2.45, 2.75) is 45.3 Å². The molecule has 1 aromatic heterocycles. The van der Waals surface area contributed by atoms with E-state index >= 15 is 0 Å². The van der Waals surface area contributed by atoms with Crippen LogP contribution in [0.15, 0.2) is 17.2 Å². The topological polar surface area (TPSA) is 39.0 Å². The smallest absolute Gasteiger partial charge is 0.315 e. The summed E-state index contributed by atoms with van der Waals surface area (Å²) in [5.74, 6) is 0.763. The van der Waals surface area contributed by atoms with E-state index in [4.69, 9.17) is 0 Å². The molecule has 1 aliphatic rings. The van der Waals surface area contributed by atoms with Crippen molar-refractivity contribution in [1.29, 1.82) is 0 Å². The highest BCUT2D eigenvalue weighted by Gasteiger charge is 2.30. The quantitative estimate of drug-likeness (QED) is 0.815. The van der Waals surface area contributed by atoms with Crippen LogP contribution in [0.3, 0.4) is 0 Å². The van der Waals surface area contributed by atoms with Crippen LogP contribution in [-0.2, 0) is 6.54 Å². The van der Waals surface area contributed by atoms with Crippen molar-refractivity contribution in [3.05, 3.63) is 22.9 Å². The maximum atomic E-state index is 12.0. The molecule has 0 spiro atoms. The summed E-state index contributed by atoms with van der Waals surface area (Å²) in [6.07, 6.45) is 6.37. The molecule has 1 saturated carbocycles. The fraction of sp³-hybridized carbons (Fsp3) is 0.750. The lowest BCUT2D eigenvalue weighted by molar-refractivity contribution is 0.423. The third-order valence-corrected chi connectivity index (χ3v) is 3.39. The Bertz CT molecular complexity index is 401. The van der Waals surface area contributed by atoms with Gasteiger partial charge in [-0.05, 0) is 39.7 Å². The highest BCUT2D eigenvalue weighted by atomic mass is 16.1. The molecule has 0 saturated heterocycles. The molecule has 0 aromatic carbocycles. The summed E-state index contributed by atoms with van der Waals surface area (Å²) < 4.78 is 3.60. The largest absolute Gasteiger partial charge is 0.328 e. The molecule has 1 unspecified atom stereocenters. The molecule has 0 aliphatic heterocycles. The third kappa shape index (κ3) is 2.21. The van der Waals surface area contributed by atoms with Gasteiger partial charge >= 0.3 is 5.69 Å². The number of hydrogen-bond donors (Lipinski definition) is 1. The molecule has 1 fully saturated rings. The summed E-state index contributed by atoms with van der Waals surface area (Å²) in [4.78, 5) is 12.0. The number of hydrogen-bond acceptors (Lipinski definition) is 2. The second-order valence-electron chi connectivity index (χ2n) is 4.97. The molecule has 1 atom stereocenters. The zero-order chi connectivity index (χ0) is 11.7. The lowest BCUT2D eigenvalue weighted by Crippen LogP contribution is -2.36. The Morgan fingerprint density at radius 2 is 2.12 bits per heavy atom. The molecule has 1 N–H and O–H groups in total. The average molecular weight is 223 g/mol. The van der Waals surface area contributed by atoms with Crippen LogP contribution in [0.1, 0.15) is 32.7 Å². The van der Waals surface area contributed by atoms with Gasteiger partial charge in [0.05, 0.1) is 0 Å². The van der Waals surface area contributed by atoms with Gasteiger partial charge in [-0.15, -0.1) is 0 Å². The monoisotopic (exact) mass is 223 g/mol. The van der Waals surface area contributed by atoms with Crippen molar-refractivity contribution in [3.63, 3.8) is 0 Å². The van der Waals surface area contributed by atoms with Gasteiger partial charge in [0.15, 0.2) is 0 Å². The number of aromatic nitrogens is 2. The molecule has 1 heterocycles. The van der Waals surface area contributed by atoms with Gasteiger partial charge in [0, 0.05) is 31.0 Å². The van der Waals surface area contributed by atoms with E-state index in [0.717, 1.165) is 12.5 Å². The molecular formula is C12H21N3O. The maximum Gasteiger partial charge on any atom is 0.328 e. The molecule has 1 aliphatic carbocycles. The van der Waals surface area contributed by atoms with E-state index in [2.05, 4.69) is 5.32 Å².